The van der Waals surface area contributed by atoms with Crippen LogP contribution in [0.25, 0.3) is 0 Å². The number of thioether (sulfide) groups is 1. The molecule has 2 aliphatic rings. The summed E-state index contributed by atoms with van der Waals surface area (Å²) in [5.74, 6) is -0.630. The molecule has 0 unspecified atom stereocenters. The second-order valence-electron chi connectivity index (χ2n) is 8.37. The minimum absolute atomic E-state index is 0.0680. The van der Waals surface area contributed by atoms with Crippen molar-refractivity contribution in [2.45, 2.75) is 51.6 Å². The van der Waals surface area contributed by atoms with Crippen LogP contribution in [0.4, 0.5) is 0 Å². The molecule has 0 bridgehead atoms. The fourth-order valence-electron chi connectivity index (χ4n) is 4.34. The molecule has 1 aliphatic carbocycles. The summed E-state index contributed by atoms with van der Waals surface area (Å²) in [7, 11) is 0. The van der Waals surface area contributed by atoms with Crippen molar-refractivity contribution in [1.29, 1.82) is 0 Å². The molecule has 1 aliphatic heterocycles. The van der Waals surface area contributed by atoms with Gasteiger partial charge in [-0.1, -0.05) is 38.8 Å². The fourth-order valence-corrected chi connectivity index (χ4v) is 4.80. The molecular weight excluding hydrogens is 416 g/mol. The Kier molecular flexibility index (Phi) is 7.75. The van der Waals surface area contributed by atoms with Gasteiger partial charge < -0.3 is 10.1 Å². The van der Waals surface area contributed by atoms with E-state index in [9.17, 15) is 19.2 Å². The number of rotatable bonds is 8. The largest absolute Gasteiger partial charge is 0.454 e. The predicted octanol–water partition coefficient (Wildman–Crippen LogP) is 2.89. The molecule has 1 N–H and O–H groups in total. The first kappa shape index (κ1) is 23.3. The third-order valence-electron chi connectivity index (χ3n) is 6.40. The lowest BCUT2D eigenvalue weighted by Crippen LogP contribution is -2.48. The first-order valence-electron chi connectivity index (χ1n) is 10.8. The summed E-state index contributed by atoms with van der Waals surface area (Å²) in [5, 5.41) is 2.97. The summed E-state index contributed by atoms with van der Waals surface area (Å²) in [6.45, 7) is 3.89. The van der Waals surface area contributed by atoms with Crippen LogP contribution in [0.2, 0.25) is 0 Å². The summed E-state index contributed by atoms with van der Waals surface area (Å²) in [6.07, 6.45) is 5.28. The Hall–Kier alpha value is -2.35. The molecule has 168 valence electrons. The third kappa shape index (κ3) is 5.11. The maximum atomic E-state index is 12.8. The average molecular weight is 447 g/mol. The van der Waals surface area contributed by atoms with Gasteiger partial charge in [0.15, 0.2) is 6.61 Å². The van der Waals surface area contributed by atoms with Crippen molar-refractivity contribution in [3.63, 3.8) is 0 Å². The van der Waals surface area contributed by atoms with Crippen molar-refractivity contribution in [3.8, 4) is 0 Å². The predicted molar refractivity (Wildman–Crippen MR) is 119 cm³/mol. The van der Waals surface area contributed by atoms with E-state index in [2.05, 4.69) is 19.2 Å². The Morgan fingerprint density at radius 3 is 2.42 bits per heavy atom. The highest BCUT2D eigenvalue weighted by Gasteiger charge is 2.43. The molecule has 3 amide bonds. The number of imide groups is 1. The van der Waals surface area contributed by atoms with E-state index in [1.807, 2.05) is 6.26 Å². The minimum atomic E-state index is -1.05. The van der Waals surface area contributed by atoms with Gasteiger partial charge in [0.25, 0.3) is 17.7 Å². The quantitative estimate of drug-likeness (QED) is 0.488. The Bertz CT molecular complexity index is 823. The molecule has 7 nitrogen and oxygen atoms in total. The van der Waals surface area contributed by atoms with Gasteiger partial charge in [-0.05, 0) is 48.8 Å². The Balaban J connectivity index is 1.63. The molecular formula is C23H30N2O5S. The van der Waals surface area contributed by atoms with Gasteiger partial charge in [-0.2, -0.15) is 11.8 Å². The van der Waals surface area contributed by atoms with Crippen molar-refractivity contribution >= 4 is 35.5 Å². The van der Waals surface area contributed by atoms with Crippen LogP contribution in [0.5, 0.6) is 0 Å². The molecule has 1 aromatic carbocycles. The number of hydrogen-bond acceptors (Lipinski definition) is 6. The number of benzene rings is 1. The van der Waals surface area contributed by atoms with Gasteiger partial charge >= 0.3 is 5.97 Å². The summed E-state index contributed by atoms with van der Waals surface area (Å²) in [6, 6.07) is 5.53. The van der Waals surface area contributed by atoms with Crippen LogP contribution in [0.1, 0.15) is 60.2 Å². The summed E-state index contributed by atoms with van der Waals surface area (Å²) in [4.78, 5) is 51.8. The second kappa shape index (κ2) is 10.3. The van der Waals surface area contributed by atoms with Crippen molar-refractivity contribution in [2.75, 3.05) is 18.6 Å². The van der Waals surface area contributed by atoms with Gasteiger partial charge in [-0.15, -0.1) is 0 Å². The van der Waals surface area contributed by atoms with Crippen LogP contribution in [0.15, 0.2) is 24.3 Å². The molecule has 0 spiro atoms. The van der Waals surface area contributed by atoms with Crippen LogP contribution in [0.3, 0.4) is 0 Å². The van der Waals surface area contributed by atoms with Crippen molar-refractivity contribution < 1.29 is 23.9 Å². The summed E-state index contributed by atoms with van der Waals surface area (Å²) in [5.41, 5.74) is 0.570. The number of nitrogens with one attached hydrogen (secondary N) is 1. The maximum absolute atomic E-state index is 12.8. The molecule has 1 fully saturated rings. The normalized spacial score (nSPS) is 24.0. The zero-order valence-electron chi connectivity index (χ0n) is 18.3. The summed E-state index contributed by atoms with van der Waals surface area (Å²) < 4.78 is 5.27. The number of amides is 3. The monoisotopic (exact) mass is 446 g/mol. The second-order valence-corrected chi connectivity index (χ2v) is 9.36. The zero-order chi connectivity index (χ0) is 22.5. The average Bonchev–Trinajstić information content (AvgIpc) is 3.01. The van der Waals surface area contributed by atoms with E-state index in [1.54, 1.807) is 24.3 Å². The summed E-state index contributed by atoms with van der Waals surface area (Å²) >= 11 is 1.50. The minimum Gasteiger partial charge on any atom is -0.454 e. The SMILES string of the molecule is CSCC[C@H](C(=O)OCC(=O)N[C@@H]1CCC[C@H](C)[C@@H]1C)N1C(=O)c2ccccc2C1=O. The Morgan fingerprint density at radius 2 is 1.81 bits per heavy atom. The lowest BCUT2D eigenvalue weighted by molar-refractivity contribution is -0.152. The van der Waals surface area contributed by atoms with Gasteiger partial charge in [-0.3, -0.25) is 19.3 Å². The molecule has 3 rings (SSSR count). The zero-order valence-corrected chi connectivity index (χ0v) is 19.1. The third-order valence-corrected chi connectivity index (χ3v) is 7.05. The van der Waals surface area contributed by atoms with Gasteiger partial charge in [0.05, 0.1) is 11.1 Å². The highest BCUT2D eigenvalue weighted by Crippen LogP contribution is 2.29. The standard InChI is InChI=1S/C23H30N2O5S/c1-14-7-6-10-18(15(14)2)24-20(26)13-30-23(29)19(11-12-31-3)25-21(27)16-8-4-5-9-17(16)22(25)28/h4-5,8-9,14-15,18-19H,6-7,10-13H2,1-3H3,(H,24,26)/t14-,15-,18+,19+/m0/s1. The van der Waals surface area contributed by atoms with E-state index in [4.69, 9.17) is 4.74 Å². The number of hydrogen-bond donors (Lipinski definition) is 1. The first-order valence-corrected chi connectivity index (χ1v) is 12.2. The van der Waals surface area contributed by atoms with E-state index < -0.39 is 30.4 Å². The molecule has 4 atom stereocenters. The smallest absolute Gasteiger partial charge is 0.329 e. The van der Waals surface area contributed by atoms with E-state index in [1.165, 1.54) is 11.8 Å². The maximum Gasteiger partial charge on any atom is 0.329 e. The molecule has 1 aromatic rings. The van der Waals surface area contributed by atoms with Crippen LogP contribution in [-0.2, 0) is 14.3 Å². The van der Waals surface area contributed by atoms with Crippen LogP contribution < -0.4 is 5.32 Å². The van der Waals surface area contributed by atoms with E-state index in [0.29, 0.717) is 17.6 Å². The number of ether oxygens (including phenoxy) is 1. The van der Waals surface area contributed by atoms with Crippen molar-refractivity contribution in [1.82, 2.24) is 10.2 Å². The molecule has 0 aromatic heterocycles. The molecule has 0 saturated heterocycles. The number of nitrogens with zero attached hydrogens (tertiary/aromatic N) is 1. The lowest BCUT2D eigenvalue weighted by Gasteiger charge is -2.34. The van der Waals surface area contributed by atoms with Gasteiger partial charge in [0.1, 0.15) is 6.04 Å². The van der Waals surface area contributed by atoms with E-state index in [-0.39, 0.29) is 29.5 Å². The molecule has 8 heteroatoms. The topological polar surface area (TPSA) is 92.8 Å². The van der Waals surface area contributed by atoms with Crippen LogP contribution >= 0.6 is 11.8 Å². The number of esters is 1. The highest BCUT2D eigenvalue weighted by molar-refractivity contribution is 7.98. The van der Waals surface area contributed by atoms with Gasteiger partial charge in [-0.25, -0.2) is 4.79 Å². The van der Waals surface area contributed by atoms with Crippen molar-refractivity contribution in [3.05, 3.63) is 35.4 Å². The number of carbonyl (C=O) groups excluding carboxylic acids is 4. The lowest BCUT2D eigenvalue weighted by atomic mass is 9.78. The first-order chi connectivity index (χ1) is 14.8. The van der Waals surface area contributed by atoms with Crippen molar-refractivity contribution in [2.24, 2.45) is 11.8 Å². The van der Waals surface area contributed by atoms with E-state index >= 15 is 0 Å². The Morgan fingerprint density at radius 1 is 1.16 bits per heavy atom. The molecule has 0 radical (unpaired) electrons. The number of carbonyl (C=O) groups is 4. The van der Waals surface area contributed by atoms with Crippen LogP contribution in [-0.4, -0.2) is 59.3 Å². The van der Waals surface area contributed by atoms with Crippen LogP contribution in [0, 0.1) is 11.8 Å². The number of fused-ring (bicyclic) bond motifs is 1. The van der Waals surface area contributed by atoms with Gasteiger partial charge in [0.2, 0.25) is 0 Å². The van der Waals surface area contributed by atoms with Gasteiger partial charge in [0, 0.05) is 6.04 Å². The van der Waals surface area contributed by atoms with E-state index in [0.717, 1.165) is 24.2 Å². The molecule has 31 heavy (non-hydrogen) atoms. The molecule has 1 heterocycles. The highest BCUT2D eigenvalue weighted by atomic mass is 32.2. The Labute approximate surface area is 187 Å². The fraction of sp³-hybridized carbons (Fsp3) is 0.565. The molecule has 1 saturated carbocycles.